The van der Waals surface area contributed by atoms with Gasteiger partial charge in [0.25, 0.3) is 5.91 Å². The fourth-order valence-electron chi connectivity index (χ4n) is 6.57. The molecule has 1 aliphatic heterocycles. The number of imidazole rings is 1. The predicted molar refractivity (Wildman–Crippen MR) is 187 cm³/mol. The zero-order valence-corrected chi connectivity index (χ0v) is 29.7. The van der Waals surface area contributed by atoms with Gasteiger partial charge in [-0.2, -0.15) is 13.2 Å². The summed E-state index contributed by atoms with van der Waals surface area (Å²) in [6.07, 6.45) is -3.06. The van der Waals surface area contributed by atoms with Crippen molar-refractivity contribution >= 4 is 22.9 Å². The van der Waals surface area contributed by atoms with Crippen LogP contribution in [0, 0.1) is 11.6 Å². The quantitative estimate of drug-likeness (QED) is 0.103. The van der Waals surface area contributed by atoms with Gasteiger partial charge in [0, 0.05) is 51.3 Å². The lowest BCUT2D eigenvalue weighted by molar-refractivity contribution is -0.174. The molecule has 1 aromatic heterocycles. The van der Waals surface area contributed by atoms with Gasteiger partial charge in [-0.1, -0.05) is 18.2 Å². The number of nitrogens with zero attached hydrogens (tertiary/aromatic N) is 5. The Labute approximate surface area is 299 Å². The van der Waals surface area contributed by atoms with E-state index in [4.69, 9.17) is 23.9 Å². The second-order valence-electron chi connectivity index (χ2n) is 12.7. The van der Waals surface area contributed by atoms with Crippen LogP contribution in [-0.4, -0.2) is 112 Å². The molecule has 10 nitrogen and oxygen atoms in total. The molecule has 0 bridgehead atoms. The van der Waals surface area contributed by atoms with Crippen LogP contribution >= 0.6 is 0 Å². The molecule has 1 atom stereocenters. The molecule has 4 aromatic rings. The van der Waals surface area contributed by atoms with Crippen LogP contribution in [0.25, 0.3) is 11.0 Å². The number of amides is 1. The number of ether oxygens (including phenoxy) is 4. The number of hydrogen-bond acceptors (Lipinski definition) is 8. The first kappa shape index (κ1) is 38.6. The highest BCUT2D eigenvalue weighted by atomic mass is 19.4. The molecule has 0 N–H and O–H groups in total. The number of aromatic nitrogens is 2. The lowest BCUT2D eigenvalue weighted by Crippen LogP contribution is -2.35. The SMILES string of the molecule is COc1cc(C(=O)N(C)CC(CCN2CCCN(c3nc4ccccc4n3CCOCC(F)(F)F)CC2)c2ccc(F)c(F)c2)cc(OC)c1OC. The van der Waals surface area contributed by atoms with Gasteiger partial charge >= 0.3 is 6.18 Å². The summed E-state index contributed by atoms with van der Waals surface area (Å²) in [5, 5.41) is 0. The van der Waals surface area contributed by atoms with E-state index in [-0.39, 0.29) is 31.5 Å². The van der Waals surface area contributed by atoms with Gasteiger partial charge in [-0.3, -0.25) is 4.79 Å². The highest BCUT2D eigenvalue weighted by Gasteiger charge is 2.28. The Bertz CT molecular complexity index is 1790. The van der Waals surface area contributed by atoms with Gasteiger partial charge in [-0.05, 0) is 67.9 Å². The van der Waals surface area contributed by atoms with Crippen molar-refractivity contribution in [3.8, 4) is 17.2 Å². The number of benzene rings is 3. The summed E-state index contributed by atoms with van der Waals surface area (Å²) in [7, 11) is 6.05. The summed E-state index contributed by atoms with van der Waals surface area (Å²) in [4.78, 5) is 24.5. The van der Waals surface area contributed by atoms with Crippen molar-refractivity contribution in [2.24, 2.45) is 0 Å². The maximum Gasteiger partial charge on any atom is 0.411 e. The Morgan fingerprint density at radius 3 is 2.31 bits per heavy atom. The van der Waals surface area contributed by atoms with Gasteiger partial charge in [0.05, 0.1) is 39.0 Å². The first-order valence-corrected chi connectivity index (χ1v) is 17.0. The van der Waals surface area contributed by atoms with E-state index in [0.717, 1.165) is 30.1 Å². The van der Waals surface area contributed by atoms with Gasteiger partial charge in [0.1, 0.15) is 6.61 Å². The third kappa shape index (κ3) is 9.42. The lowest BCUT2D eigenvalue weighted by atomic mass is 9.94. The van der Waals surface area contributed by atoms with Crippen LogP contribution in [-0.2, 0) is 11.3 Å². The van der Waals surface area contributed by atoms with Crippen LogP contribution in [0.3, 0.4) is 0 Å². The number of halogens is 5. The predicted octanol–water partition coefficient (Wildman–Crippen LogP) is 6.38. The van der Waals surface area contributed by atoms with Crippen molar-refractivity contribution < 1.29 is 45.7 Å². The molecule has 1 unspecified atom stereocenters. The Kier molecular flexibility index (Phi) is 12.8. The number of methoxy groups -OCH3 is 3. The normalized spacial score (nSPS) is 14.7. The molecule has 1 aliphatic rings. The van der Waals surface area contributed by atoms with Crippen LogP contribution in [0.1, 0.15) is 34.7 Å². The third-order valence-electron chi connectivity index (χ3n) is 9.19. The van der Waals surface area contributed by atoms with E-state index in [0.29, 0.717) is 66.9 Å². The molecule has 1 amide bonds. The van der Waals surface area contributed by atoms with Crippen LogP contribution in [0.4, 0.5) is 27.9 Å². The minimum Gasteiger partial charge on any atom is -0.493 e. The van der Waals surface area contributed by atoms with E-state index >= 15 is 0 Å². The van der Waals surface area contributed by atoms with Gasteiger partial charge in [-0.25, -0.2) is 13.8 Å². The summed E-state index contributed by atoms with van der Waals surface area (Å²) >= 11 is 0. The van der Waals surface area contributed by atoms with E-state index in [1.807, 2.05) is 28.8 Å². The van der Waals surface area contributed by atoms with E-state index in [1.165, 1.54) is 27.4 Å². The molecule has 1 saturated heterocycles. The van der Waals surface area contributed by atoms with Crippen molar-refractivity contribution in [1.29, 1.82) is 0 Å². The number of para-hydroxylation sites is 2. The maximum atomic E-state index is 14.5. The zero-order chi connectivity index (χ0) is 37.4. The molecular weight excluding hydrogens is 689 g/mol. The fourth-order valence-corrected chi connectivity index (χ4v) is 6.57. The average molecular weight is 734 g/mol. The molecule has 2 heterocycles. The topological polar surface area (TPSA) is 81.5 Å². The second kappa shape index (κ2) is 17.3. The highest BCUT2D eigenvalue weighted by molar-refractivity contribution is 5.95. The molecule has 1 fully saturated rings. The monoisotopic (exact) mass is 733 g/mol. The maximum absolute atomic E-state index is 14.5. The number of alkyl halides is 3. The number of anilines is 1. The molecule has 15 heteroatoms. The summed E-state index contributed by atoms with van der Waals surface area (Å²) in [6.45, 7) is 2.35. The van der Waals surface area contributed by atoms with Crippen molar-refractivity contribution in [1.82, 2.24) is 19.4 Å². The van der Waals surface area contributed by atoms with Crippen LogP contribution < -0.4 is 19.1 Å². The second-order valence-corrected chi connectivity index (χ2v) is 12.7. The molecule has 5 rings (SSSR count). The van der Waals surface area contributed by atoms with Crippen molar-refractivity contribution in [2.75, 3.05) is 85.8 Å². The Balaban J connectivity index is 1.28. The number of carbonyl (C=O) groups excluding carboxylic acids is 1. The van der Waals surface area contributed by atoms with Crippen molar-refractivity contribution in [3.05, 3.63) is 77.4 Å². The smallest absolute Gasteiger partial charge is 0.411 e. The Morgan fingerprint density at radius 1 is 0.904 bits per heavy atom. The fraction of sp³-hybridized carbons (Fsp3) is 0.459. The molecule has 3 aromatic carbocycles. The molecule has 0 aliphatic carbocycles. The lowest BCUT2D eigenvalue weighted by Gasteiger charge is -2.28. The first-order chi connectivity index (χ1) is 24.9. The Hall–Kier alpha value is -4.63. The van der Waals surface area contributed by atoms with Crippen LogP contribution in [0.15, 0.2) is 54.6 Å². The average Bonchev–Trinajstić information content (AvgIpc) is 3.33. The minimum atomic E-state index is -4.40. The molecular formula is C37H44F5N5O5. The standard InChI is InChI=1S/C37H44F5N5O5/c1-44(35(48)27-21-32(49-2)34(51-4)33(22-27)50-3)23-26(25-10-11-28(38)29(39)20-25)12-15-45-13-7-14-46(17-16-45)36-43-30-8-5-6-9-31(30)47(36)18-19-52-24-37(40,41)42/h5-6,8-11,20-22,26H,7,12-19,23-24H2,1-4H3. The largest absolute Gasteiger partial charge is 0.493 e. The number of carbonyl (C=O) groups is 1. The number of likely N-dealkylation sites (N-methyl/N-ethyl adjacent to an activating group) is 1. The first-order valence-electron chi connectivity index (χ1n) is 17.0. The summed E-state index contributed by atoms with van der Waals surface area (Å²) < 4.78 is 89.6. The van der Waals surface area contributed by atoms with Gasteiger partial charge in [0.15, 0.2) is 23.1 Å². The molecule has 0 radical (unpaired) electrons. The zero-order valence-electron chi connectivity index (χ0n) is 29.7. The van der Waals surface area contributed by atoms with Crippen LogP contribution in [0.2, 0.25) is 0 Å². The van der Waals surface area contributed by atoms with Gasteiger partial charge in [0.2, 0.25) is 11.7 Å². The third-order valence-corrected chi connectivity index (χ3v) is 9.19. The number of rotatable bonds is 15. The number of hydrogen-bond donors (Lipinski definition) is 0. The molecule has 0 saturated carbocycles. The highest BCUT2D eigenvalue weighted by Crippen LogP contribution is 2.38. The van der Waals surface area contributed by atoms with E-state index in [2.05, 4.69) is 9.80 Å². The summed E-state index contributed by atoms with van der Waals surface area (Å²) in [5.74, 6) is -0.867. The van der Waals surface area contributed by atoms with Gasteiger partial charge < -0.3 is 38.2 Å². The van der Waals surface area contributed by atoms with E-state index < -0.39 is 24.4 Å². The molecule has 282 valence electrons. The van der Waals surface area contributed by atoms with Crippen molar-refractivity contribution in [2.45, 2.75) is 31.5 Å². The molecule has 0 spiro atoms. The van der Waals surface area contributed by atoms with E-state index in [1.54, 1.807) is 30.1 Å². The molecule has 52 heavy (non-hydrogen) atoms. The Morgan fingerprint density at radius 2 is 1.63 bits per heavy atom. The minimum absolute atomic E-state index is 0.116. The summed E-state index contributed by atoms with van der Waals surface area (Å²) in [6, 6.07) is 14.5. The van der Waals surface area contributed by atoms with Crippen molar-refractivity contribution in [3.63, 3.8) is 0 Å². The summed E-state index contributed by atoms with van der Waals surface area (Å²) in [5.41, 5.74) is 2.44. The van der Waals surface area contributed by atoms with Crippen LogP contribution in [0.5, 0.6) is 17.2 Å². The van der Waals surface area contributed by atoms with E-state index in [9.17, 15) is 26.7 Å². The number of fused-ring (bicyclic) bond motifs is 1. The van der Waals surface area contributed by atoms with Gasteiger partial charge in [-0.15, -0.1) is 0 Å².